The van der Waals surface area contributed by atoms with Crippen molar-refractivity contribution in [3.05, 3.63) is 95.6 Å². The summed E-state index contributed by atoms with van der Waals surface area (Å²) in [5.41, 5.74) is 8.18. The fourth-order valence-electron chi connectivity index (χ4n) is 2.79. The van der Waals surface area contributed by atoms with Crippen molar-refractivity contribution in [1.82, 2.24) is 5.32 Å². The Labute approximate surface area is 174 Å². The molecule has 0 saturated heterocycles. The molecule has 0 saturated carbocycles. The molecule has 0 atom stereocenters. The number of carbonyl (C=O) groups is 3. The monoisotopic (exact) mass is 402 g/mol. The third-order valence-electron chi connectivity index (χ3n) is 4.30. The third kappa shape index (κ3) is 5.93. The number of amides is 3. The van der Waals surface area contributed by atoms with Crippen LogP contribution in [0.3, 0.4) is 0 Å². The van der Waals surface area contributed by atoms with Crippen molar-refractivity contribution in [2.45, 2.75) is 6.54 Å². The van der Waals surface area contributed by atoms with E-state index in [-0.39, 0.29) is 18.4 Å². The molecule has 3 aromatic carbocycles. The van der Waals surface area contributed by atoms with E-state index in [9.17, 15) is 14.4 Å². The van der Waals surface area contributed by atoms with Crippen LogP contribution >= 0.6 is 0 Å². The molecule has 0 heterocycles. The number of primary amides is 1. The molecule has 0 fully saturated rings. The van der Waals surface area contributed by atoms with Gasteiger partial charge in [-0.1, -0.05) is 42.5 Å². The van der Waals surface area contributed by atoms with Gasteiger partial charge in [0.1, 0.15) is 0 Å². The van der Waals surface area contributed by atoms with Crippen LogP contribution in [-0.2, 0) is 11.3 Å². The molecule has 7 heteroatoms. The zero-order chi connectivity index (χ0) is 21.3. The van der Waals surface area contributed by atoms with Crippen molar-refractivity contribution < 1.29 is 14.4 Å². The summed E-state index contributed by atoms with van der Waals surface area (Å²) in [7, 11) is 0. The Morgan fingerprint density at radius 2 is 1.43 bits per heavy atom. The second-order valence-corrected chi connectivity index (χ2v) is 6.60. The maximum absolute atomic E-state index is 12.4. The Morgan fingerprint density at radius 3 is 2.17 bits per heavy atom. The average Bonchev–Trinajstić information content (AvgIpc) is 2.77. The highest BCUT2D eigenvalue weighted by Gasteiger charge is 2.08. The molecule has 0 aliphatic rings. The Kier molecular flexibility index (Phi) is 6.78. The molecule has 30 heavy (non-hydrogen) atoms. The number of anilines is 2. The number of nitrogens with two attached hydrogens (primary N) is 1. The minimum Gasteiger partial charge on any atom is -0.376 e. The van der Waals surface area contributed by atoms with E-state index < -0.39 is 5.91 Å². The molecule has 3 amide bonds. The lowest BCUT2D eigenvalue weighted by Crippen LogP contribution is -2.24. The molecular weight excluding hydrogens is 380 g/mol. The van der Waals surface area contributed by atoms with Crippen LogP contribution in [0.25, 0.3) is 0 Å². The predicted octanol–water partition coefficient (Wildman–Crippen LogP) is 2.77. The van der Waals surface area contributed by atoms with E-state index in [1.807, 2.05) is 30.3 Å². The SMILES string of the molecule is NC(=O)c1cccc(NC(=O)CNc2cccc(C(=O)NCc3ccccc3)c2)c1. The maximum Gasteiger partial charge on any atom is 0.251 e. The highest BCUT2D eigenvalue weighted by Crippen LogP contribution is 2.12. The van der Waals surface area contributed by atoms with Crippen LogP contribution < -0.4 is 21.7 Å². The van der Waals surface area contributed by atoms with Crippen LogP contribution in [0.4, 0.5) is 11.4 Å². The molecule has 152 valence electrons. The number of carbonyl (C=O) groups excluding carboxylic acids is 3. The summed E-state index contributed by atoms with van der Waals surface area (Å²) in [5, 5.41) is 8.55. The molecule has 0 unspecified atom stereocenters. The molecule has 0 aromatic heterocycles. The van der Waals surface area contributed by atoms with Gasteiger partial charge in [0.2, 0.25) is 11.8 Å². The van der Waals surface area contributed by atoms with Gasteiger partial charge in [-0.25, -0.2) is 0 Å². The molecule has 5 N–H and O–H groups in total. The summed E-state index contributed by atoms with van der Waals surface area (Å²) in [5.74, 6) is -1.06. The lowest BCUT2D eigenvalue weighted by Gasteiger charge is -2.10. The molecule has 0 spiro atoms. The summed E-state index contributed by atoms with van der Waals surface area (Å²) in [4.78, 5) is 35.8. The fraction of sp³-hybridized carbons (Fsp3) is 0.0870. The lowest BCUT2D eigenvalue weighted by molar-refractivity contribution is -0.114. The minimum absolute atomic E-state index is 0.00408. The van der Waals surface area contributed by atoms with Gasteiger partial charge in [-0.2, -0.15) is 0 Å². The van der Waals surface area contributed by atoms with Gasteiger partial charge in [0, 0.05) is 29.0 Å². The summed E-state index contributed by atoms with van der Waals surface area (Å²) in [6.45, 7) is 0.431. The van der Waals surface area contributed by atoms with Crippen LogP contribution in [0, 0.1) is 0 Å². The van der Waals surface area contributed by atoms with E-state index in [1.165, 1.54) is 6.07 Å². The fourth-order valence-corrected chi connectivity index (χ4v) is 2.79. The first-order valence-electron chi connectivity index (χ1n) is 9.37. The Hall–Kier alpha value is -4.13. The first kappa shape index (κ1) is 20.6. The van der Waals surface area contributed by atoms with E-state index >= 15 is 0 Å². The Morgan fingerprint density at radius 1 is 0.767 bits per heavy atom. The van der Waals surface area contributed by atoms with Crippen molar-refractivity contribution in [2.24, 2.45) is 5.73 Å². The molecule has 7 nitrogen and oxygen atoms in total. The van der Waals surface area contributed by atoms with E-state index in [0.29, 0.717) is 29.0 Å². The topological polar surface area (TPSA) is 113 Å². The highest BCUT2D eigenvalue weighted by molar-refractivity contribution is 5.98. The van der Waals surface area contributed by atoms with Crippen LogP contribution in [0.1, 0.15) is 26.3 Å². The van der Waals surface area contributed by atoms with Gasteiger partial charge in [0.15, 0.2) is 0 Å². The number of hydrogen-bond donors (Lipinski definition) is 4. The zero-order valence-electron chi connectivity index (χ0n) is 16.2. The number of benzene rings is 3. The average molecular weight is 402 g/mol. The first-order valence-corrected chi connectivity index (χ1v) is 9.37. The summed E-state index contributed by atoms with van der Waals surface area (Å²) < 4.78 is 0. The summed E-state index contributed by atoms with van der Waals surface area (Å²) >= 11 is 0. The van der Waals surface area contributed by atoms with Gasteiger partial charge >= 0.3 is 0 Å². The van der Waals surface area contributed by atoms with Gasteiger partial charge in [-0.05, 0) is 42.0 Å². The first-order chi connectivity index (χ1) is 14.5. The number of nitrogens with one attached hydrogen (secondary N) is 3. The van der Waals surface area contributed by atoms with Crippen LogP contribution in [0.2, 0.25) is 0 Å². The minimum atomic E-state index is -0.563. The second kappa shape index (κ2) is 9.88. The van der Waals surface area contributed by atoms with Gasteiger partial charge < -0.3 is 21.7 Å². The quantitative estimate of drug-likeness (QED) is 0.464. The summed E-state index contributed by atoms with van der Waals surface area (Å²) in [6, 6.07) is 22.9. The van der Waals surface area contributed by atoms with Crippen molar-refractivity contribution >= 4 is 29.1 Å². The van der Waals surface area contributed by atoms with Crippen LogP contribution in [-0.4, -0.2) is 24.3 Å². The second-order valence-electron chi connectivity index (χ2n) is 6.60. The normalized spacial score (nSPS) is 10.1. The van der Waals surface area contributed by atoms with Crippen LogP contribution in [0.5, 0.6) is 0 Å². The highest BCUT2D eigenvalue weighted by atomic mass is 16.2. The summed E-state index contributed by atoms with van der Waals surface area (Å²) in [6.07, 6.45) is 0. The van der Waals surface area contributed by atoms with E-state index in [2.05, 4.69) is 16.0 Å². The van der Waals surface area contributed by atoms with Crippen molar-refractivity contribution in [3.8, 4) is 0 Å². The largest absolute Gasteiger partial charge is 0.376 e. The molecular formula is C23H22N4O3. The van der Waals surface area contributed by atoms with Gasteiger partial charge in [-0.15, -0.1) is 0 Å². The standard InChI is InChI=1S/C23H22N4O3/c24-22(29)17-8-4-11-20(12-17)27-21(28)15-25-19-10-5-9-18(13-19)23(30)26-14-16-6-2-1-3-7-16/h1-13,25H,14-15H2,(H2,24,29)(H,26,30)(H,27,28). The molecule has 0 bridgehead atoms. The van der Waals surface area contributed by atoms with E-state index in [4.69, 9.17) is 5.73 Å². The molecule has 0 aliphatic carbocycles. The zero-order valence-corrected chi connectivity index (χ0v) is 16.2. The van der Waals surface area contributed by atoms with Crippen LogP contribution in [0.15, 0.2) is 78.9 Å². The predicted molar refractivity (Wildman–Crippen MR) is 116 cm³/mol. The lowest BCUT2D eigenvalue weighted by atomic mass is 10.1. The Bertz CT molecular complexity index is 1050. The van der Waals surface area contributed by atoms with E-state index in [1.54, 1.807) is 42.5 Å². The molecule has 0 radical (unpaired) electrons. The third-order valence-corrected chi connectivity index (χ3v) is 4.30. The maximum atomic E-state index is 12.4. The van der Waals surface area contributed by atoms with Gasteiger partial charge in [0.25, 0.3) is 5.91 Å². The molecule has 3 rings (SSSR count). The van der Waals surface area contributed by atoms with Crippen molar-refractivity contribution in [1.29, 1.82) is 0 Å². The van der Waals surface area contributed by atoms with Gasteiger partial charge in [0.05, 0.1) is 6.54 Å². The van der Waals surface area contributed by atoms with Gasteiger partial charge in [-0.3, -0.25) is 14.4 Å². The van der Waals surface area contributed by atoms with E-state index in [0.717, 1.165) is 5.56 Å². The molecule has 3 aromatic rings. The van der Waals surface area contributed by atoms with Crippen molar-refractivity contribution in [3.63, 3.8) is 0 Å². The number of hydrogen-bond acceptors (Lipinski definition) is 4. The molecule has 0 aliphatic heterocycles. The number of rotatable bonds is 8. The Balaban J connectivity index is 1.53. The van der Waals surface area contributed by atoms with Crippen molar-refractivity contribution in [2.75, 3.05) is 17.2 Å². The smallest absolute Gasteiger partial charge is 0.251 e.